The van der Waals surface area contributed by atoms with Crippen LogP contribution < -0.4 is 4.74 Å². The standard InChI is InChI=1S/C15H19FO3/c1-3-19-11-7-10(8-11)9-13(17)12-5-4-6-14(18-2)15(12)16/h4-6,10-11H,3,7-9H2,1-2H3. The maximum absolute atomic E-state index is 13.9. The average molecular weight is 266 g/mol. The van der Waals surface area contributed by atoms with Crippen LogP contribution in [0.5, 0.6) is 5.75 Å². The number of methoxy groups -OCH3 is 1. The lowest BCUT2D eigenvalue weighted by Crippen LogP contribution is -2.32. The largest absolute Gasteiger partial charge is 0.494 e. The highest BCUT2D eigenvalue weighted by Gasteiger charge is 2.32. The Morgan fingerprint density at radius 2 is 2.16 bits per heavy atom. The van der Waals surface area contributed by atoms with Gasteiger partial charge < -0.3 is 9.47 Å². The molecule has 2 rings (SSSR count). The van der Waals surface area contributed by atoms with Crippen LogP contribution in [-0.2, 0) is 4.74 Å². The average Bonchev–Trinajstić information content (AvgIpc) is 2.36. The number of hydrogen-bond donors (Lipinski definition) is 0. The molecule has 0 bridgehead atoms. The Morgan fingerprint density at radius 3 is 2.79 bits per heavy atom. The first-order chi connectivity index (χ1) is 9.15. The van der Waals surface area contributed by atoms with E-state index in [1.54, 1.807) is 6.07 Å². The van der Waals surface area contributed by atoms with Crippen molar-refractivity contribution in [1.82, 2.24) is 0 Å². The van der Waals surface area contributed by atoms with Crippen LogP contribution in [-0.4, -0.2) is 25.6 Å². The van der Waals surface area contributed by atoms with Crippen LogP contribution in [0.15, 0.2) is 18.2 Å². The highest BCUT2D eigenvalue weighted by Crippen LogP contribution is 2.34. The topological polar surface area (TPSA) is 35.5 Å². The number of rotatable bonds is 6. The molecule has 0 unspecified atom stereocenters. The Bertz CT molecular complexity index is 453. The van der Waals surface area contributed by atoms with Crippen molar-refractivity contribution in [1.29, 1.82) is 0 Å². The van der Waals surface area contributed by atoms with Gasteiger partial charge in [-0.05, 0) is 37.8 Å². The van der Waals surface area contributed by atoms with Gasteiger partial charge >= 0.3 is 0 Å². The Morgan fingerprint density at radius 1 is 1.42 bits per heavy atom. The SMILES string of the molecule is CCOC1CC(CC(=O)c2cccc(OC)c2F)C1. The monoisotopic (exact) mass is 266 g/mol. The molecule has 1 aliphatic carbocycles. The quantitative estimate of drug-likeness (QED) is 0.742. The number of hydrogen-bond acceptors (Lipinski definition) is 3. The van der Waals surface area contributed by atoms with Gasteiger partial charge in [0.2, 0.25) is 0 Å². The van der Waals surface area contributed by atoms with Crippen molar-refractivity contribution in [2.24, 2.45) is 5.92 Å². The first-order valence-corrected chi connectivity index (χ1v) is 6.63. The molecular formula is C15H19FO3. The summed E-state index contributed by atoms with van der Waals surface area (Å²) in [5.41, 5.74) is 0.124. The van der Waals surface area contributed by atoms with E-state index in [1.807, 2.05) is 6.92 Å². The van der Waals surface area contributed by atoms with Crippen LogP contribution in [0.2, 0.25) is 0 Å². The minimum Gasteiger partial charge on any atom is -0.494 e. The molecule has 1 aromatic carbocycles. The molecule has 3 nitrogen and oxygen atoms in total. The summed E-state index contributed by atoms with van der Waals surface area (Å²) in [6.07, 6.45) is 2.45. The predicted octanol–water partition coefficient (Wildman–Crippen LogP) is 3.22. The van der Waals surface area contributed by atoms with Crippen molar-refractivity contribution >= 4 is 5.78 Å². The predicted molar refractivity (Wildman–Crippen MR) is 70.0 cm³/mol. The fourth-order valence-corrected chi connectivity index (χ4v) is 2.47. The summed E-state index contributed by atoms with van der Waals surface area (Å²) in [6.45, 7) is 2.67. The molecule has 0 spiro atoms. The normalized spacial score (nSPS) is 21.8. The van der Waals surface area contributed by atoms with E-state index >= 15 is 0 Å². The molecule has 19 heavy (non-hydrogen) atoms. The second kappa shape index (κ2) is 6.15. The molecule has 1 fully saturated rings. The van der Waals surface area contributed by atoms with Gasteiger partial charge in [0.25, 0.3) is 0 Å². The van der Waals surface area contributed by atoms with Crippen molar-refractivity contribution in [3.05, 3.63) is 29.6 Å². The van der Waals surface area contributed by atoms with E-state index in [0.29, 0.717) is 18.9 Å². The number of halogens is 1. The van der Waals surface area contributed by atoms with E-state index < -0.39 is 5.82 Å². The molecular weight excluding hydrogens is 247 g/mol. The molecule has 0 N–H and O–H groups in total. The van der Waals surface area contributed by atoms with Crippen molar-refractivity contribution in [3.8, 4) is 5.75 Å². The zero-order valence-corrected chi connectivity index (χ0v) is 11.3. The number of carbonyl (C=O) groups is 1. The molecule has 1 saturated carbocycles. The minimum atomic E-state index is -0.560. The number of carbonyl (C=O) groups excluding carboxylic acids is 1. The smallest absolute Gasteiger partial charge is 0.175 e. The van der Waals surface area contributed by atoms with Gasteiger partial charge in [-0.3, -0.25) is 4.79 Å². The second-order valence-corrected chi connectivity index (χ2v) is 4.86. The third kappa shape index (κ3) is 3.13. The van der Waals surface area contributed by atoms with E-state index in [2.05, 4.69) is 0 Å². The minimum absolute atomic E-state index is 0.117. The summed E-state index contributed by atoms with van der Waals surface area (Å²) in [5, 5.41) is 0. The van der Waals surface area contributed by atoms with Crippen molar-refractivity contribution < 1.29 is 18.7 Å². The number of ether oxygens (including phenoxy) is 2. The molecule has 0 amide bonds. The zero-order valence-electron chi connectivity index (χ0n) is 11.3. The number of benzene rings is 1. The molecule has 0 atom stereocenters. The summed E-state index contributed by atoms with van der Waals surface area (Å²) in [6, 6.07) is 4.67. The summed E-state index contributed by atoms with van der Waals surface area (Å²) >= 11 is 0. The van der Waals surface area contributed by atoms with Crippen molar-refractivity contribution in [2.45, 2.75) is 32.3 Å². The van der Waals surface area contributed by atoms with Crippen LogP contribution in [0.1, 0.15) is 36.5 Å². The molecule has 0 heterocycles. The van der Waals surface area contributed by atoms with E-state index in [1.165, 1.54) is 19.2 Å². The van der Waals surface area contributed by atoms with Gasteiger partial charge in [-0.25, -0.2) is 4.39 Å². The Hall–Kier alpha value is -1.42. The number of ketones is 1. The molecule has 104 valence electrons. The van der Waals surface area contributed by atoms with Crippen molar-refractivity contribution in [3.63, 3.8) is 0 Å². The lowest BCUT2D eigenvalue weighted by atomic mass is 9.78. The van der Waals surface area contributed by atoms with Crippen LogP contribution in [0.25, 0.3) is 0 Å². The second-order valence-electron chi connectivity index (χ2n) is 4.86. The molecule has 0 saturated heterocycles. The third-order valence-corrected chi connectivity index (χ3v) is 3.55. The first kappa shape index (κ1) is 14.0. The van der Waals surface area contributed by atoms with Crippen LogP contribution in [0, 0.1) is 11.7 Å². The molecule has 0 radical (unpaired) electrons. The van der Waals surface area contributed by atoms with Gasteiger partial charge in [0.15, 0.2) is 17.3 Å². The van der Waals surface area contributed by atoms with Crippen LogP contribution in [0.4, 0.5) is 4.39 Å². The Kier molecular flexibility index (Phi) is 4.53. The molecule has 4 heteroatoms. The number of Topliss-reactive ketones (excluding diaryl/α,β-unsaturated/α-hetero) is 1. The fourth-order valence-electron chi connectivity index (χ4n) is 2.47. The summed E-state index contributed by atoms with van der Waals surface area (Å²) < 4.78 is 24.3. The third-order valence-electron chi connectivity index (χ3n) is 3.55. The van der Waals surface area contributed by atoms with E-state index in [0.717, 1.165) is 12.8 Å². The lowest BCUT2D eigenvalue weighted by molar-refractivity contribution is -0.0246. The highest BCUT2D eigenvalue weighted by atomic mass is 19.1. The Labute approximate surface area is 112 Å². The van der Waals surface area contributed by atoms with Gasteiger partial charge in [0.05, 0.1) is 18.8 Å². The van der Waals surface area contributed by atoms with Gasteiger partial charge in [-0.15, -0.1) is 0 Å². The molecule has 0 aromatic heterocycles. The molecule has 1 aliphatic rings. The van der Waals surface area contributed by atoms with Crippen molar-refractivity contribution in [2.75, 3.05) is 13.7 Å². The highest BCUT2D eigenvalue weighted by molar-refractivity contribution is 5.96. The maximum Gasteiger partial charge on any atom is 0.175 e. The van der Waals surface area contributed by atoms with Crippen LogP contribution >= 0.6 is 0 Å². The molecule has 0 aliphatic heterocycles. The van der Waals surface area contributed by atoms with Gasteiger partial charge in [-0.1, -0.05) is 6.07 Å². The maximum atomic E-state index is 13.9. The summed E-state index contributed by atoms with van der Waals surface area (Å²) in [4.78, 5) is 12.1. The van der Waals surface area contributed by atoms with Gasteiger partial charge in [-0.2, -0.15) is 0 Å². The zero-order chi connectivity index (χ0) is 13.8. The lowest BCUT2D eigenvalue weighted by Gasteiger charge is -2.34. The van der Waals surface area contributed by atoms with Gasteiger partial charge in [0, 0.05) is 13.0 Å². The summed E-state index contributed by atoms with van der Waals surface area (Å²) in [5.74, 6) is -0.284. The first-order valence-electron chi connectivity index (χ1n) is 6.63. The van der Waals surface area contributed by atoms with Gasteiger partial charge in [0.1, 0.15) is 0 Å². The van der Waals surface area contributed by atoms with E-state index in [4.69, 9.17) is 9.47 Å². The molecule has 1 aromatic rings. The van der Waals surface area contributed by atoms with E-state index in [-0.39, 0.29) is 23.2 Å². The summed E-state index contributed by atoms with van der Waals surface area (Å²) in [7, 11) is 1.39. The van der Waals surface area contributed by atoms with Crippen LogP contribution in [0.3, 0.4) is 0 Å². The Balaban J connectivity index is 1.94. The fraction of sp³-hybridized carbons (Fsp3) is 0.533. The van der Waals surface area contributed by atoms with E-state index in [9.17, 15) is 9.18 Å².